The van der Waals surface area contributed by atoms with Gasteiger partial charge in [0.2, 0.25) is 5.91 Å². The summed E-state index contributed by atoms with van der Waals surface area (Å²) >= 11 is 0. The van der Waals surface area contributed by atoms with E-state index < -0.39 is 11.6 Å². The standard InChI is InChI=1S/C26H35N7O3/c1-16(2)33-24(28-15-29-33)20-13-31-10-11-36-22-12-17(6-7-19(22)23(31)30-20)18-8-9-32(14-21(18)34)26(3,4)25(35)27-5/h6-7,12-13,15-16,18,21,34H,8-11,14H2,1-5H3,(H,27,35)/t18-,21+/m1/s1. The molecule has 1 fully saturated rings. The number of nitrogens with zero attached hydrogens (tertiary/aromatic N) is 6. The number of nitrogens with one attached hydrogen (secondary N) is 1. The summed E-state index contributed by atoms with van der Waals surface area (Å²) in [6, 6.07) is 6.33. The minimum Gasteiger partial charge on any atom is -0.491 e. The number of ether oxygens (including phenoxy) is 1. The number of rotatable bonds is 5. The predicted molar refractivity (Wildman–Crippen MR) is 136 cm³/mol. The summed E-state index contributed by atoms with van der Waals surface area (Å²) in [5.74, 6) is 2.28. The maximum atomic E-state index is 12.3. The zero-order chi connectivity index (χ0) is 25.6. The molecule has 2 aromatic heterocycles. The van der Waals surface area contributed by atoms with Crippen LogP contribution >= 0.6 is 0 Å². The largest absolute Gasteiger partial charge is 0.491 e. The summed E-state index contributed by atoms with van der Waals surface area (Å²) in [7, 11) is 1.65. The van der Waals surface area contributed by atoms with Gasteiger partial charge in [-0.1, -0.05) is 6.07 Å². The van der Waals surface area contributed by atoms with Gasteiger partial charge in [-0.05, 0) is 58.4 Å². The van der Waals surface area contributed by atoms with Crippen LogP contribution in [0.1, 0.15) is 51.6 Å². The number of likely N-dealkylation sites (tertiary alicyclic amines) is 1. The third-order valence-electron chi connectivity index (χ3n) is 7.49. The number of benzene rings is 1. The van der Waals surface area contributed by atoms with Crippen molar-refractivity contribution in [2.45, 2.75) is 64.3 Å². The van der Waals surface area contributed by atoms with Crippen LogP contribution < -0.4 is 10.1 Å². The van der Waals surface area contributed by atoms with Crippen LogP contribution in [0.5, 0.6) is 5.75 Å². The lowest BCUT2D eigenvalue weighted by Gasteiger charge is -2.44. The van der Waals surface area contributed by atoms with Gasteiger partial charge >= 0.3 is 0 Å². The van der Waals surface area contributed by atoms with E-state index in [1.807, 2.05) is 36.9 Å². The zero-order valence-corrected chi connectivity index (χ0v) is 21.6. The molecule has 10 nitrogen and oxygen atoms in total. The Labute approximate surface area is 211 Å². The molecule has 4 heterocycles. The lowest BCUT2D eigenvalue weighted by atomic mass is 9.84. The second-order valence-electron chi connectivity index (χ2n) is 10.4. The molecule has 3 aromatic rings. The number of likely N-dealkylation sites (N-methyl/N-ethyl adjacent to an activating group) is 1. The van der Waals surface area contributed by atoms with Crippen molar-refractivity contribution in [1.29, 1.82) is 0 Å². The van der Waals surface area contributed by atoms with Crippen molar-refractivity contribution in [2.75, 3.05) is 26.7 Å². The normalized spacial score (nSPS) is 20.4. The predicted octanol–water partition coefficient (Wildman–Crippen LogP) is 2.46. The van der Waals surface area contributed by atoms with E-state index in [0.29, 0.717) is 19.7 Å². The van der Waals surface area contributed by atoms with E-state index in [2.05, 4.69) is 44.8 Å². The first-order valence-corrected chi connectivity index (χ1v) is 12.6. The maximum absolute atomic E-state index is 12.3. The molecule has 0 saturated carbocycles. The molecule has 0 spiro atoms. The maximum Gasteiger partial charge on any atom is 0.239 e. The summed E-state index contributed by atoms with van der Waals surface area (Å²) in [6.07, 6.45) is 3.75. The molecule has 0 radical (unpaired) electrons. The van der Waals surface area contributed by atoms with Gasteiger partial charge in [-0.3, -0.25) is 9.69 Å². The third kappa shape index (κ3) is 4.18. The first kappa shape index (κ1) is 24.5. The molecule has 5 rings (SSSR count). The summed E-state index contributed by atoms with van der Waals surface area (Å²) in [5, 5.41) is 18.1. The van der Waals surface area contributed by atoms with Gasteiger partial charge in [0.1, 0.15) is 30.2 Å². The van der Waals surface area contributed by atoms with Gasteiger partial charge in [0.25, 0.3) is 0 Å². The Morgan fingerprint density at radius 2 is 2.06 bits per heavy atom. The molecule has 2 N–H and O–H groups in total. The monoisotopic (exact) mass is 493 g/mol. The topological polar surface area (TPSA) is 110 Å². The van der Waals surface area contributed by atoms with E-state index in [1.54, 1.807) is 13.4 Å². The molecular formula is C26H35N7O3. The molecule has 10 heteroatoms. The quantitative estimate of drug-likeness (QED) is 0.562. The Morgan fingerprint density at radius 3 is 2.78 bits per heavy atom. The molecule has 192 valence electrons. The van der Waals surface area contributed by atoms with Crippen LogP contribution in [0.3, 0.4) is 0 Å². The van der Waals surface area contributed by atoms with Crippen LogP contribution in [0.25, 0.3) is 22.9 Å². The molecule has 0 bridgehead atoms. The lowest BCUT2D eigenvalue weighted by molar-refractivity contribution is -0.133. The van der Waals surface area contributed by atoms with Gasteiger partial charge in [0.05, 0.1) is 23.8 Å². The van der Waals surface area contributed by atoms with Gasteiger partial charge in [0.15, 0.2) is 5.82 Å². The number of aliphatic hydroxyl groups excluding tert-OH is 1. The van der Waals surface area contributed by atoms with Gasteiger partial charge in [-0.25, -0.2) is 14.6 Å². The summed E-state index contributed by atoms with van der Waals surface area (Å²) in [4.78, 5) is 23.8. The van der Waals surface area contributed by atoms with E-state index in [1.165, 1.54) is 0 Å². The number of carbonyl (C=O) groups excluding carboxylic acids is 1. The Bertz CT molecular complexity index is 1260. The van der Waals surface area contributed by atoms with Crippen molar-refractivity contribution in [3.8, 4) is 28.7 Å². The number of carbonyl (C=O) groups is 1. The Morgan fingerprint density at radius 1 is 1.25 bits per heavy atom. The molecule has 36 heavy (non-hydrogen) atoms. The lowest BCUT2D eigenvalue weighted by Crippen LogP contribution is -2.59. The van der Waals surface area contributed by atoms with Crippen molar-refractivity contribution in [2.24, 2.45) is 0 Å². The SMILES string of the molecule is CNC(=O)C(C)(C)N1CC[C@H](c2ccc3c(c2)OCCn2cc(-c4ncnn4C(C)C)nc2-3)[C@@H](O)C1. The van der Waals surface area contributed by atoms with Gasteiger partial charge in [-0.15, -0.1) is 0 Å². The average Bonchev–Trinajstić information content (AvgIpc) is 3.47. The van der Waals surface area contributed by atoms with E-state index in [4.69, 9.17) is 9.72 Å². The van der Waals surface area contributed by atoms with E-state index in [9.17, 15) is 9.90 Å². The number of hydrogen-bond donors (Lipinski definition) is 2. The molecule has 0 unspecified atom stereocenters. The Kier molecular flexibility index (Phi) is 6.34. The fourth-order valence-electron chi connectivity index (χ4n) is 5.33. The number of aliphatic hydroxyl groups is 1. The fraction of sp³-hybridized carbons (Fsp3) is 0.538. The average molecular weight is 494 g/mol. The molecule has 1 aromatic carbocycles. The Balaban J connectivity index is 1.41. The molecule has 0 aliphatic carbocycles. The van der Waals surface area contributed by atoms with E-state index in [0.717, 1.165) is 47.2 Å². The van der Waals surface area contributed by atoms with Crippen LogP contribution in [-0.2, 0) is 11.3 Å². The first-order chi connectivity index (χ1) is 17.2. The van der Waals surface area contributed by atoms with E-state index >= 15 is 0 Å². The first-order valence-electron chi connectivity index (χ1n) is 12.6. The van der Waals surface area contributed by atoms with Crippen molar-refractivity contribution < 1.29 is 14.6 Å². The van der Waals surface area contributed by atoms with Crippen LogP contribution in [0, 0.1) is 0 Å². The number of amides is 1. The highest BCUT2D eigenvalue weighted by Gasteiger charge is 2.40. The van der Waals surface area contributed by atoms with Crippen LogP contribution in [0.15, 0.2) is 30.7 Å². The number of piperidine rings is 1. The number of fused-ring (bicyclic) bond motifs is 3. The van der Waals surface area contributed by atoms with Crippen molar-refractivity contribution in [3.63, 3.8) is 0 Å². The highest BCUT2D eigenvalue weighted by Crippen LogP contribution is 2.39. The van der Waals surface area contributed by atoms with Crippen molar-refractivity contribution in [3.05, 3.63) is 36.3 Å². The van der Waals surface area contributed by atoms with Crippen molar-refractivity contribution >= 4 is 5.91 Å². The third-order valence-corrected chi connectivity index (χ3v) is 7.49. The molecule has 2 aliphatic heterocycles. The van der Waals surface area contributed by atoms with Crippen LogP contribution in [-0.4, -0.2) is 78.6 Å². The number of hydrogen-bond acceptors (Lipinski definition) is 7. The molecule has 2 atom stereocenters. The molecule has 1 saturated heterocycles. The van der Waals surface area contributed by atoms with Gasteiger partial charge in [0, 0.05) is 31.7 Å². The molecule has 2 aliphatic rings. The minimum absolute atomic E-state index is 0.0289. The highest BCUT2D eigenvalue weighted by molar-refractivity contribution is 5.85. The van der Waals surface area contributed by atoms with Crippen molar-refractivity contribution in [1.82, 2.24) is 34.5 Å². The smallest absolute Gasteiger partial charge is 0.239 e. The van der Waals surface area contributed by atoms with Crippen LogP contribution in [0.2, 0.25) is 0 Å². The van der Waals surface area contributed by atoms with Gasteiger partial charge in [-0.2, -0.15) is 5.10 Å². The highest BCUT2D eigenvalue weighted by atomic mass is 16.5. The minimum atomic E-state index is -0.674. The fourth-order valence-corrected chi connectivity index (χ4v) is 5.33. The van der Waals surface area contributed by atoms with Gasteiger partial charge < -0.3 is 19.7 Å². The molecular weight excluding hydrogens is 458 g/mol. The second kappa shape index (κ2) is 9.33. The second-order valence-corrected chi connectivity index (χ2v) is 10.4. The summed E-state index contributed by atoms with van der Waals surface area (Å²) < 4.78 is 10.1. The zero-order valence-electron chi connectivity index (χ0n) is 21.6. The van der Waals surface area contributed by atoms with E-state index in [-0.39, 0.29) is 17.9 Å². The number of aromatic nitrogens is 5. The Hall–Kier alpha value is -3.24. The molecule has 1 amide bonds. The van der Waals surface area contributed by atoms with Crippen LogP contribution in [0.4, 0.5) is 0 Å². The summed E-state index contributed by atoms with van der Waals surface area (Å²) in [6.45, 7) is 10.3. The summed E-state index contributed by atoms with van der Waals surface area (Å²) in [5.41, 5.74) is 2.07. The number of imidazole rings is 1. The number of β-amino-alcohol motifs (C(OH)–C–C–N with tert-alkyl or cyclic N) is 1.